The zero-order valence-electron chi connectivity index (χ0n) is 14.3. The minimum Gasteiger partial charge on any atom is -0.375 e. The molecular formula is C16H28N4O2. The lowest BCUT2D eigenvalue weighted by Crippen LogP contribution is -2.52. The predicted molar refractivity (Wildman–Crippen MR) is 87.0 cm³/mol. The van der Waals surface area contributed by atoms with Gasteiger partial charge in [0.2, 0.25) is 0 Å². The molecule has 0 unspecified atom stereocenters. The van der Waals surface area contributed by atoms with Crippen molar-refractivity contribution in [2.45, 2.75) is 59.7 Å². The van der Waals surface area contributed by atoms with E-state index in [1.54, 1.807) is 6.20 Å². The van der Waals surface area contributed by atoms with Gasteiger partial charge < -0.3 is 15.0 Å². The second kappa shape index (κ2) is 7.13. The number of carbonyl (C=O) groups is 1. The number of amides is 2. The lowest BCUT2D eigenvalue weighted by atomic mass is 10.1. The largest absolute Gasteiger partial charge is 0.375 e. The van der Waals surface area contributed by atoms with Gasteiger partial charge in [-0.2, -0.15) is 5.10 Å². The Hall–Kier alpha value is -1.56. The number of morpholine rings is 1. The van der Waals surface area contributed by atoms with Gasteiger partial charge in [-0.1, -0.05) is 20.8 Å². The summed E-state index contributed by atoms with van der Waals surface area (Å²) in [5.41, 5.74) is 1.90. The van der Waals surface area contributed by atoms with Gasteiger partial charge in [0.15, 0.2) is 0 Å². The number of hydrogen-bond donors (Lipinski definition) is 1. The monoisotopic (exact) mass is 308 g/mol. The Kier molecular flexibility index (Phi) is 5.45. The second-order valence-electron chi connectivity index (χ2n) is 6.37. The number of nitrogens with zero attached hydrogens (tertiary/aromatic N) is 3. The van der Waals surface area contributed by atoms with Gasteiger partial charge in [0.05, 0.1) is 36.3 Å². The lowest BCUT2D eigenvalue weighted by Gasteiger charge is -2.37. The smallest absolute Gasteiger partial charge is 0.322 e. The van der Waals surface area contributed by atoms with E-state index in [0.717, 1.165) is 24.3 Å². The predicted octanol–water partition coefficient (Wildman–Crippen LogP) is 2.74. The summed E-state index contributed by atoms with van der Waals surface area (Å²) in [6, 6.07) is 0.00554. The average molecular weight is 308 g/mol. The molecule has 22 heavy (non-hydrogen) atoms. The van der Waals surface area contributed by atoms with Crippen LogP contribution in [0, 0.1) is 5.92 Å². The molecule has 2 heterocycles. The highest BCUT2D eigenvalue weighted by atomic mass is 16.5. The summed E-state index contributed by atoms with van der Waals surface area (Å²) in [6.07, 6.45) is 2.67. The zero-order chi connectivity index (χ0) is 16.3. The zero-order valence-corrected chi connectivity index (χ0v) is 14.3. The molecule has 2 rings (SSSR count). The van der Waals surface area contributed by atoms with Crippen molar-refractivity contribution in [1.29, 1.82) is 0 Å². The van der Waals surface area contributed by atoms with Crippen LogP contribution in [0.3, 0.4) is 0 Å². The fourth-order valence-corrected chi connectivity index (χ4v) is 2.80. The van der Waals surface area contributed by atoms with Crippen LogP contribution in [0.25, 0.3) is 0 Å². The third-order valence-electron chi connectivity index (χ3n) is 4.21. The van der Waals surface area contributed by atoms with Crippen molar-refractivity contribution in [3.8, 4) is 0 Å². The maximum Gasteiger partial charge on any atom is 0.322 e. The Bertz CT molecular complexity index is 512. The summed E-state index contributed by atoms with van der Waals surface area (Å²) in [5.74, 6) is 0.522. The topological polar surface area (TPSA) is 59.4 Å². The molecule has 6 nitrogen and oxygen atoms in total. The Morgan fingerprint density at radius 3 is 2.86 bits per heavy atom. The molecule has 1 aromatic heterocycles. The maximum atomic E-state index is 12.5. The Morgan fingerprint density at radius 2 is 2.23 bits per heavy atom. The molecule has 1 fully saturated rings. The summed E-state index contributed by atoms with van der Waals surface area (Å²) in [7, 11) is 0. The second-order valence-corrected chi connectivity index (χ2v) is 6.37. The van der Waals surface area contributed by atoms with Gasteiger partial charge in [-0.15, -0.1) is 0 Å². The Labute approximate surface area is 132 Å². The third-order valence-corrected chi connectivity index (χ3v) is 4.21. The van der Waals surface area contributed by atoms with E-state index in [1.165, 1.54) is 0 Å². The van der Waals surface area contributed by atoms with E-state index in [4.69, 9.17) is 4.74 Å². The van der Waals surface area contributed by atoms with Gasteiger partial charge in [-0.3, -0.25) is 4.68 Å². The molecule has 0 aliphatic carbocycles. The van der Waals surface area contributed by atoms with Crippen molar-refractivity contribution in [3.63, 3.8) is 0 Å². The number of hydrogen-bond acceptors (Lipinski definition) is 3. The van der Waals surface area contributed by atoms with Crippen molar-refractivity contribution in [2.75, 3.05) is 18.5 Å². The van der Waals surface area contributed by atoms with Crippen LogP contribution in [0.1, 0.15) is 40.3 Å². The fraction of sp³-hybridized carbons (Fsp3) is 0.750. The maximum absolute atomic E-state index is 12.5. The highest BCUT2D eigenvalue weighted by Gasteiger charge is 2.29. The first-order valence-corrected chi connectivity index (χ1v) is 8.17. The van der Waals surface area contributed by atoms with Gasteiger partial charge in [0.1, 0.15) is 0 Å². The number of aromatic nitrogens is 2. The molecule has 1 aliphatic rings. The molecule has 0 bridgehead atoms. The van der Waals surface area contributed by atoms with Crippen LogP contribution in [-0.4, -0.2) is 46.0 Å². The highest BCUT2D eigenvalue weighted by Crippen LogP contribution is 2.20. The first-order valence-electron chi connectivity index (χ1n) is 8.17. The Morgan fingerprint density at radius 1 is 1.50 bits per heavy atom. The molecule has 124 valence electrons. The summed E-state index contributed by atoms with van der Waals surface area (Å²) < 4.78 is 7.57. The van der Waals surface area contributed by atoms with E-state index in [1.807, 2.05) is 23.4 Å². The molecule has 1 saturated heterocycles. The lowest BCUT2D eigenvalue weighted by molar-refractivity contribution is -0.0355. The van der Waals surface area contributed by atoms with E-state index < -0.39 is 0 Å². The molecule has 1 aliphatic heterocycles. The normalized spacial score (nSPS) is 22.2. The number of ether oxygens (including phenoxy) is 1. The minimum absolute atomic E-state index is 0.0637. The summed E-state index contributed by atoms with van der Waals surface area (Å²) in [4.78, 5) is 14.4. The van der Waals surface area contributed by atoms with Crippen LogP contribution in [0.5, 0.6) is 0 Å². The third kappa shape index (κ3) is 3.61. The first-order chi connectivity index (χ1) is 10.4. The molecule has 1 N–H and O–H groups in total. The van der Waals surface area contributed by atoms with Gasteiger partial charge in [-0.25, -0.2) is 4.79 Å². The fourth-order valence-electron chi connectivity index (χ4n) is 2.80. The van der Waals surface area contributed by atoms with Gasteiger partial charge in [0.25, 0.3) is 0 Å². The quantitative estimate of drug-likeness (QED) is 0.930. The summed E-state index contributed by atoms with van der Waals surface area (Å²) in [6.45, 7) is 12.5. The van der Waals surface area contributed by atoms with Crippen LogP contribution in [0.2, 0.25) is 0 Å². The van der Waals surface area contributed by atoms with Crippen molar-refractivity contribution in [2.24, 2.45) is 5.92 Å². The molecule has 0 aromatic carbocycles. The molecule has 0 radical (unpaired) electrons. The van der Waals surface area contributed by atoms with E-state index >= 15 is 0 Å². The average Bonchev–Trinajstić information content (AvgIpc) is 2.82. The molecule has 2 atom stereocenters. The molecular weight excluding hydrogens is 280 g/mol. The molecule has 2 amide bonds. The van der Waals surface area contributed by atoms with Crippen LogP contribution in [0.15, 0.2) is 6.20 Å². The van der Waals surface area contributed by atoms with Crippen LogP contribution < -0.4 is 5.32 Å². The number of carbonyl (C=O) groups excluding carboxylic acids is 1. The highest BCUT2D eigenvalue weighted by molar-refractivity contribution is 5.90. The van der Waals surface area contributed by atoms with Gasteiger partial charge in [0, 0.05) is 13.1 Å². The number of anilines is 1. The van der Waals surface area contributed by atoms with E-state index in [2.05, 4.69) is 31.2 Å². The Balaban J connectivity index is 2.09. The molecule has 6 heteroatoms. The SMILES string of the molecule is CCc1c(NC(=O)N2CCO[C@H](C)[C@H]2C)cnn1CC(C)C. The van der Waals surface area contributed by atoms with E-state index in [0.29, 0.717) is 19.1 Å². The van der Waals surface area contributed by atoms with E-state index in [9.17, 15) is 4.79 Å². The van der Waals surface area contributed by atoms with Crippen LogP contribution in [-0.2, 0) is 17.7 Å². The molecule has 0 spiro atoms. The van der Waals surface area contributed by atoms with Crippen LogP contribution >= 0.6 is 0 Å². The number of nitrogens with one attached hydrogen (secondary N) is 1. The van der Waals surface area contributed by atoms with Crippen molar-refractivity contribution in [1.82, 2.24) is 14.7 Å². The minimum atomic E-state index is -0.0681. The van der Waals surface area contributed by atoms with Crippen molar-refractivity contribution in [3.05, 3.63) is 11.9 Å². The van der Waals surface area contributed by atoms with Gasteiger partial charge in [-0.05, 0) is 26.2 Å². The van der Waals surface area contributed by atoms with Crippen molar-refractivity contribution < 1.29 is 9.53 Å². The standard InChI is InChI=1S/C16H28N4O2/c1-6-15-14(9-17-20(15)10-11(2)3)18-16(21)19-7-8-22-13(5)12(19)4/h9,11-13H,6-8,10H2,1-5H3,(H,18,21)/t12-,13-/m1/s1. The summed E-state index contributed by atoms with van der Waals surface area (Å²) >= 11 is 0. The first kappa shape index (κ1) is 16.8. The van der Waals surface area contributed by atoms with Crippen molar-refractivity contribution >= 4 is 11.7 Å². The summed E-state index contributed by atoms with van der Waals surface area (Å²) in [5, 5.41) is 7.44. The van der Waals surface area contributed by atoms with E-state index in [-0.39, 0.29) is 18.2 Å². The number of rotatable bonds is 4. The molecule has 1 aromatic rings. The van der Waals surface area contributed by atoms with Gasteiger partial charge >= 0.3 is 6.03 Å². The number of urea groups is 1. The van der Waals surface area contributed by atoms with Crippen LogP contribution in [0.4, 0.5) is 10.5 Å². The molecule has 0 saturated carbocycles.